The Bertz CT molecular complexity index is 5540. The summed E-state index contributed by atoms with van der Waals surface area (Å²) >= 11 is 11.3. The van der Waals surface area contributed by atoms with Crippen LogP contribution in [0.25, 0.3) is 84.1 Å². The van der Waals surface area contributed by atoms with E-state index in [4.69, 9.17) is 69.7 Å². The summed E-state index contributed by atoms with van der Waals surface area (Å²) < 4.78 is 46.6. The van der Waals surface area contributed by atoms with Gasteiger partial charge in [-0.05, 0) is 173 Å². The maximum absolute atomic E-state index is 12.5. The van der Waals surface area contributed by atoms with Crippen molar-refractivity contribution in [1.29, 1.82) is 0 Å². The van der Waals surface area contributed by atoms with Crippen molar-refractivity contribution < 1.29 is 87.7 Å². The van der Waals surface area contributed by atoms with E-state index in [1.165, 1.54) is 21.3 Å². The second kappa shape index (κ2) is 44.4. The fourth-order valence-electron chi connectivity index (χ4n) is 16.7. The molecule has 3 aliphatic rings. The smallest absolute Gasteiger partial charge is 0.870 e. The summed E-state index contributed by atoms with van der Waals surface area (Å²) in [5, 5.41) is 23.3. The number of nitrogens with two attached hydrogens (primary N) is 2. The molecule has 3 saturated carbocycles. The Kier molecular flexibility index (Phi) is 34.5. The molecule has 0 amide bonds. The SMILES string of the molecule is COC(=O)C(OC)C1CCC(c2nc3c(-c4ccc(-c5ccccc5)nc4)cnn3c(N(COCC[Si](C)(C)C)COCC[Si](C)(C)C)c2Br)CC1.COC(=O)C(OC)C1CCC(c2nc3c(-c4ccc(-c5ccccc5)nc4)cnn3c(N)c2Br)CC1.COC(C(=O)O)C1CCC(c2nc3c(-c4ccc(-c5ccccc5)nc4)cnn3c(N)c2Br)CC1.[Na+].[OH-]. The monoisotopic (exact) mass is 1930 g/mol. The van der Waals surface area contributed by atoms with Crippen LogP contribution in [0.1, 0.15) is 112 Å². The van der Waals surface area contributed by atoms with Gasteiger partial charge in [-0.15, -0.1) is 0 Å². The molecule has 125 heavy (non-hydrogen) atoms. The van der Waals surface area contributed by atoms with E-state index in [0.717, 1.165) is 198 Å². The molecule has 3 fully saturated rings. The van der Waals surface area contributed by atoms with Crippen LogP contribution < -0.4 is 45.9 Å². The standard InChI is InChI=1S/C39H56BrN5O5Si2.C27H28BrN5O3.C26H26BrN5O3.Na.H2O/c1-47-36(39(46)48-2)30-16-14-29(15-17-30)35-34(40)38(44(26-49-20-22-51(3,4)5)27-50-21-23-52(6,7)8)45-37(43-35)32(25-42-45)31-18-19-33(41-24-31)28-12-10-9-11-13-28;1-35-24(27(34)36-2)18-10-8-17(9-11-18)23-22(28)25(29)33-26(32-23)20(15-31-33)19-12-13-21(30-14-19)16-6-4-3-5-7-16;1-35-23(26(33)34)17-9-7-16(8-10-17)22-21(27)24(28)32-25(31-22)19(14-30-32)18-11-12-20(29-13-18)15-5-3-2-4-6-15;;/h9-13,18-19,24-25,29-30,36H,14-17,20-23,26-27H2,1-8H3;3-7,12-15,17-18,24H,8-11,29H2,1-2H3;2-6,11-14,16-17,23H,7-10,28H2,1H3,(H,33,34);;1H2/q;;;+1;/p-1. The maximum atomic E-state index is 12.5. The van der Waals surface area contributed by atoms with Crippen molar-refractivity contribution in [1.82, 2.24) is 58.7 Å². The first kappa shape index (κ1) is 97.0. The molecule has 656 valence electrons. The van der Waals surface area contributed by atoms with Gasteiger partial charge in [0, 0.05) is 137 Å². The van der Waals surface area contributed by atoms with Gasteiger partial charge >= 0.3 is 47.5 Å². The third kappa shape index (κ3) is 23.3. The van der Waals surface area contributed by atoms with E-state index in [1.807, 2.05) is 132 Å². The second-order valence-corrected chi connectivity index (χ2v) is 47.8. The molecule has 27 nitrogen and oxygen atoms in total. The normalized spacial score (nSPS) is 17.9. The summed E-state index contributed by atoms with van der Waals surface area (Å²) in [6.07, 6.45) is 19.1. The molecule has 0 spiro atoms. The first-order chi connectivity index (χ1) is 59.3. The largest absolute Gasteiger partial charge is 1.00 e. The molecule has 33 heteroatoms. The second-order valence-electron chi connectivity index (χ2n) is 34.2. The van der Waals surface area contributed by atoms with Gasteiger partial charge in [0.15, 0.2) is 41.1 Å². The quantitative estimate of drug-likeness (QED) is 0.0170. The van der Waals surface area contributed by atoms with E-state index in [1.54, 1.807) is 35.6 Å². The summed E-state index contributed by atoms with van der Waals surface area (Å²) in [6, 6.07) is 44.6. The number of anilines is 3. The van der Waals surface area contributed by atoms with E-state index in [0.29, 0.717) is 49.6 Å². The Balaban J connectivity index is 0.000000186. The number of ether oxygens (including phenoxy) is 7. The molecule has 0 saturated heterocycles. The fraction of sp³-hybridized carbons (Fsp3) is 0.413. The van der Waals surface area contributed by atoms with Crippen molar-refractivity contribution >= 4 is 116 Å². The molecule has 9 heterocycles. The summed E-state index contributed by atoms with van der Waals surface area (Å²) in [6.45, 7) is 16.3. The van der Waals surface area contributed by atoms with Gasteiger partial charge in [-0.2, -0.15) is 28.8 Å². The number of carboxylic acids is 1. The molecule has 6 N–H and O–H groups in total. The number of carboxylic acid groups (broad SMARTS) is 1. The number of aliphatic carboxylic acids is 1. The molecule has 3 unspecified atom stereocenters. The van der Waals surface area contributed by atoms with Crippen LogP contribution in [0.15, 0.2) is 178 Å². The number of benzene rings is 3. The van der Waals surface area contributed by atoms with Gasteiger partial charge in [0.25, 0.3) is 0 Å². The van der Waals surface area contributed by atoms with E-state index < -0.39 is 40.4 Å². The van der Waals surface area contributed by atoms with Gasteiger partial charge in [0.1, 0.15) is 25.1 Å². The molecule has 3 atom stereocenters. The number of fused-ring (bicyclic) bond motifs is 3. The third-order valence-corrected chi connectivity index (χ3v) is 29.5. The topological polar surface area (TPSA) is 351 Å². The Labute approximate surface area is 779 Å². The molecule has 3 aromatic carbocycles. The summed E-state index contributed by atoms with van der Waals surface area (Å²) in [5.41, 5.74) is 29.2. The molecule has 9 aromatic heterocycles. The summed E-state index contributed by atoms with van der Waals surface area (Å²) in [7, 11) is 4.85. The predicted octanol–water partition coefficient (Wildman–Crippen LogP) is 16.4. The van der Waals surface area contributed by atoms with E-state index >= 15 is 0 Å². The number of halogens is 3. The number of nitrogen functional groups attached to an aromatic ring is 2. The minimum absolute atomic E-state index is 0. The summed E-state index contributed by atoms with van der Waals surface area (Å²) in [4.78, 5) is 67.7. The summed E-state index contributed by atoms with van der Waals surface area (Å²) in [5.74, 6) is 1.06. The number of carbonyl (C=O) groups is 3. The number of hydrogen-bond donors (Lipinski definition) is 3. The molecule has 15 rings (SSSR count). The van der Waals surface area contributed by atoms with Crippen molar-refractivity contribution in [2.24, 2.45) is 17.8 Å². The number of methoxy groups -OCH3 is 5. The van der Waals surface area contributed by atoms with Crippen LogP contribution in [0.5, 0.6) is 0 Å². The number of nitrogens with zero attached hydrogens (tertiary/aromatic N) is 13. The fourth-order valence-corrected chi connectivity index (χ4v) is 20.2. The zero-order valence-electron chi connectivity index (χ0n) is 73.1. The third-order valence-electron chi connectivity index (χ3n) is 23.7. The minimum atomic E-state index is -1.28. The minimum Gasteiger partial charge on any atom is -0.870 e. The predicted molar refractivity (Wildman–Crippen MR) is 497 cm³/mol. The number of esters is 2. The molecule has 0 aliphatic heterocycles. The molecular weight excluding hydrogens is 1830 g/mol. The van der Waals surface area contributed by atoms with Crippen molar-refractivity contribution in [2.75, 3.05) is 78.6 Å². The van der Waals surface area contributed by atoms with Crippen molar-refractivity contribution in [3.05, 3.63) is 195 Å². The zero-order chi connectivity index (χ0) is 87.2. The Morgan fingerprint density at radius 2 is 0.736 bits per heavy atom. The van der Waals surface area contributed by atoms with E-state index in [2.05, 4.69) is 136 Å². The van der Waals surface area contributed by atoms with Gasteiger partial charge in [-0.1, -0.05) is 148 Å². The number of pyridine rings is 3. The van der Waals surface area contributed by atoms with Gasteiger partial charge in [0.05, 0.1) is 80.4 Å². The number of hydrogen-bond acceptors (Lipinski definition) is 23. The van der Waals surface area contributed by atoms with E-state index in [9.17, 15) is 19.5 Å². The Hall–Kier alpha value is -8.59. The molecule has 0 bridgehead atoms. The maximum Gasteiger partial charge on any atom is 1.00 e. The van der Waals surface area contributed by atoms with Crippen molar-refractivity contribution in [3.8, 4) is 67.2 Å². The van der Waals surface area contributed by atoms with Crippen LogP contribution in [0.2, 0.25) is 51.4 Å². The van der Waals surface area contributed by atoms with Gasteiger partial charge < -0.3 is 60.1 Å². The van der Waals surface area contributed by atoms with Crippen molar-refractivity contribution in [2.45, 2.75) is 164 Å². The van der Waals surface area contributed by atoms with Crippen LogP contribution in [-0.4, -0.2) is 184 Å². The van der Waals surface area contributed by atoms with Crippen LogP contribution in [0.3, 0.4) is 0 Å². The van der Waals surface area contributed by atoms with Crippen LogP contribution >= 0.6 is 47.8 Å². The first-order valence-corrected chi connectivity index (χ1v) is 51.7. The average molecular weight is 1940 g/mol. The first-order valence-electron chi connectivity index (χ1n) is 41.9. The van der Waals surface area contributed by atoms with Gasteiger partial charge in [0.2, 0.25) is 0 Å². The zero-order valence-corrected chi connectivity index (χ0v) is 81.8. The van der Waals surface area contributed by atoms with Crippen LogP contribution in [-0.2, 0) is 47.5 Å². The molecular formula is C92H111Br3N15NaO12Si2. The Morgan fingerprint density at radius 3 is 1.02 bits per heavy atom. The van der Waals surface area contributed by atoms with Crippen LogP contribution in [0, 0.1) is 17.8 Å². The Morgan fingerprint density at radius 1 is 0.432 bits per heavy atom. The number of rotatable bonds is 29. The van der Waals surface area contributed by atoms with Crippen LogP contribution in [0.4, 0.5) is 17.5 Å². The van der Waals surface area contributed by atoms with Crippen molar-refractivity contribution in [3.63, 3.8) is 0 Å². The molecule has 12 aromatic rings. The average Bonchev–Trinajstić information content (AvgIpc) is 1.73. The molecule has 3 aliphatic carbocycles. The van der Waals surface area contributed by atoms with E-state index in [-0.39, 0.29) is 82.5 Å². The van der Waals surface area contributed by atoms with Gasteiger partial charge in [-0.3, -0.25) is 15.0 Å². The number of carbonyl (C=O) groups excluding carboxylic acids is 2. The number of aromatic nitrogens is 12. The van der Waals surface area contributed by atoms with Gasteiger partial charge in [-0.25, -0.2) is 29.3 Å². The molecule has 0 radical (unpaired) electrons.